The molecule has 2 aromatic carbocycles. The van der Waals surface area contributed by atoms with Crippen LogP contribution >= 0.6 is 0 Å². The van der Waals surface area contributed by atoms with Gasteiger partial charge in [-0.05, 0) is 75.6 Å². The molecule has 7 heteroatoms. The summed E-state index contributed by atoms with van der Waals surface area (Å²) in [6.45, 7) is 14.9. The Kier molecular flexibility index (Phi) is 10.5. The fourth-order valence-corrected chi connectivity index (χ4v) is 4.13. The molecule has 38 heavy (non-hydrogen) atoms. The third kappa shape index (κ3) is 8.37. The first-order valence-corrected chi connectivity index (χ1v) is 13.0. The normalized spacial score (nSPS) is 12.7. The third-order valence-electron chi connectivity index (χ3n) is 6.01. The Labute approximate surface area is 227 Å². The quantitative estimate of drug-likeness (QED) is 0.319. The zero-order chi connectivity index (χ0) is 28.6. The van der Waals surface area contributed by atoms with Gasteiger partial charge >= 0.3 is 6.09 Å². The van der Waals surface area contributed by atoms with E-state index in [0.29, 0.717) is 17.7 Å². The number of nitrogens with zero attached hydrogens (tertiary/aromatic N) is 1. The van der Waals surface area contributed by atoms with Crippen molar-refractivity contribution >= 4 is 23.6 Å². The van der Waals surface area contributed by atoms with Crippen LogP contribution in [-0.2, 0) is 20.7 Å². The highest BCUT2D eigenvalue weighted by molar-refractivity contribution is 6.00. The SMILES string of the molecule is C#CN(C(=O)C(CC(C)C)NC(=O)OC(C)(C)C)C(C(=O)Nc1c(C)cccc1C)c1ccc(CC)cc1. The zero-order valence-corrected chi connectivity index (χ0v) is 23.8. The molecule has 0 aliphatic rings. The lowest BCUT2D eigenvalue weighted by Crippen LogP contribution is -2.51. The van der Waals surface area contributed by atoms with Crippen LogP contribution in [0.25, 0.3) is 0 Å². The Balaban J connectivity index is 2.51. The van der Waals surface area contributed by atoms with E-state index in [1.807, 2.05) is 77.1 Å². The molecule has 0 heterocycles. The van der Waals surface area contributed by atoms with Crippen LogP contribution in [-0.4, -0.2) is 34.5 Å². The van der Waals surface area contributed by atoms with Gasteiger partial charge in [-0.1, -0.05) is 69.7 Å². The number of benzene rings is 2. The fourth-order valence-electron chi connectivity index (χ4n) is 4.13. The van der Waals surface area contributed by atoms with Crippen molar-refractivity contribution in [1.82, 2.24) is 10.2 Å². The number of carbonyl (C=O) groups is 3. The zero-order valence-electron chi connectivity index (χ0n) is 23.8. The van der Waals surface area contributed by atoms with E-state index in [4.69, 9.17) is 11.2 Å². The van der Waals surface area contributed by atoms with Gasteiger partial charge in [0.1, 0.15) is 17.7 Å². The number of aryl methyl sites for hydroxylation is 3. The Morgan fingerprint density at radius 3 is 2.08 bits per heavy atom. The van der Waals surface area contributed by atoms with Crippen LogP contribution in [0.2, 0.25) is 0 Å². The lowest BCUT2D eigenvalue weighted by molar-refractivity contribution is -0.137. The summed E-state index contributed by atoms with van der Waals surface area (Å²) in [5.41, 5.74) is 3.37. The van der Waals surface area contributed by atoms with Crippen molar-refractivity contribution in [2.24, 2.45) is 5.92 Å². The molecule has 0 saturated heterocycles. The van der Waals surface area contributed by atoms with E-state index in [-0.39, 0.29) is 5.92 Å². The average Bonchev–Trinajstić information content (AvgIpc) is 2.82. The molecule has 2 aromatic rings. The van der Waals surface area contributed by atoms with Gasteiger partial charge in [0.15, 0.2) is 0 Å². The summed E-state index contributed by atoms with van der Waals surface area (Å²) in [7, 11) is 0. The van der Waals surface area contributed by atoms with Gasteiger partial charge < -0.3 is 15.4 Å². The molecule has 0 fully saturated rings. The number of carbonyl (C=O) groups excluding carboxylic acids is 3. The van der Waals surface area contributed by atoms with Crippen molar-refractivity contribution in [3.63, 3.8) is 0 Å². The van der Waals surface area contributed by atoms with Crippen molar-refractivity contribution in [1.29, 1.82) is 0 Å². The Morgan fingerprint density at radius 1 is 1.03 bits per heavy atom. The van der Waals surface area contributed by atoms with Gasteiger partial charge in [0.25, 0.3) is 11.8 Å². The topological polar surface area (TPSA) is 87.7 Å². The maximum Gasteiger partial charge on any atom is 0.408 e. The molecule has 0 aromatic heterocycles. The standard InChI is InChI=1S/C31H41N3O4/c1-10-23-15-17-24(18-16-23)27(28(35)33-26-21(5)13-12-14-22(26)6)34(11-2)29(36)25(19-20(3)4)32-30(37)38-31(7,8)9/h2,12-18,20,25,27H,10,19H2,1,3-9H3,(H,32,37)(H,33,35). The molecule has 0 aliphatic heterocycles. The monoisotopic (exact) mass is 519 g/mol. The first kappa shape index (κ1) is 30.4. The van der Waals surface area contributed by atoms with E-state index < -0.39 is 35.6 Å². The number of anilines is 1. The van der Waals surface area contributed by atoms with Crippen molar-refractivity contribution in [2.75, 3.05) is 5.32 Å². The Morgan fingerprint density at radius 2 is 1.61 bits per heavy atom. The van der Waals surface area contributed by atoms with Crippen LogP contribution in [0.15, 0.2) is 42.5 Å². The summed E-state index contributed by atoms with van der Waals surface area (Å²) >= 11 is 0. The maximum atomic E-state index is 13.9. The van der Waals surface area contributed by atoms with E-state index in [0.717, 1.165) is 28.0 Å². The van der Waals surface area contributed by atoms with Gasteiger partial charge in [0.05, 0.1) is 0 Å². The number of terminal acetylenes is 1. The molecule has 2 N–H and O–H groups in total. The van der Waals surface area contributed by atoms with Crippen LogP contribution in [0, 0.1) is 32.2 Å². The minimum atomic E-state index is -1.12. The van der Waals surface area contributed by atoms with Gasteiger partial charge in [-0.15, -0.1) is 0 Å². The molecule has 3 amide bonds. The smallest absolute Gasteiger partial charge is 0.408 e. The number of hydrogen-bond acceptors (Lipinski definition) is 4. The Bertz CT molecular complexity index is 1150. The van der Waals surface area contributed by atoms with E-state index >= 15 is 0 Å². The third-order valence-corrected chi connectivity index (χ3v) is 6.01. The maximum absolute atomic E-state index is 13.9. The molecule has 0 bridgehead atoms. The predicted octanol–water partition coefficient (Wildman–Crippen LogP) is 5.90. The van der Waals surface area contributed by atoms with Gasteiger partial charge in [-0.25, -0.2) is 4.79 Å². The van der Waals surface area contributed by atoms with Crippen molar-refractivity contribution in [2.45, 2.75) is 85.9 Å². The lowest BCUT2D eigenvalue weighted by Gasteiger charge is -2.31. The largest absolute Gasteiger partial charge is 0.444 e. The summed E-state index contributed by atoms with van der Waals surface area (Å²) in [5.74, 6) is -0.948. The van der Waals surface area contributed by atoms with E-state index in [2.05, 4.69) is 16.7 Å². The summed E-state index contributed by atoms with van der Waals surface area (Å²) in [6, 6.07) is 13.5. The summed E-state index contributed by atoms with van der Waals surface area (Å²) in [6.07, 6.45) is 6.31. The second-order valence-electron chi connectivity index (χ2n) is 10.9. The number of amides is 3. The summed E-state index contributed by atoms with van der Waals surface area (Å²) in [4.78, 5) is 41.4. The van der Waals surface area contributed by atoms with Gasteiger partial charge in [0, 0.05) is 11.7 Å². The predicted molar refractivity (Wildman–Crippen MR) is 151 cm³/mol. The van der Waals surface area contributed by atoms with E-state index in [1.54, 1.807) is 20.8 Å². The van der Waals surface area contributed by atoms with Crippen LogP contribution in [0.4, 0.5) is 10.5 Å². The van der Waals surface area contributed by atoms with Crippen LogP contribution < -0.4 is 10.6 Å². The number of nitrogens with one attached hydrogen (secondary N) is 2. The first-order chi connectivity index (χ1) is 17.8. The lowest BCUT2D eigenvalue weighted by atomic mass is 9.98. The molecule has 204 valence electrons. The molecule has 7 nitrogen and oxygen atoms in total. The summed E-state index contributed by atoms with van der Waals surface area (Å²) in [5, 5.41) is 5.66. The number of ether oxygens (including phenoxy) is 1. The second-order valence-corrected chi connectivity index (χ2v) is 10.9. The molecule has 0 aliphatic carbocycles. The number of rotatable bonds is 9. The van der Waals surface area contributed by atoms with Crippen LogP contribution in [0.5, 0.6) is 0 Å². The highest BCUT2D eigenvalue weighted by Crippen LogP contribution is 2.27. The highest BCUT2D eigenvalue weighted by Gasteiger charge is 2.36. The second kappa shape index (κ2) is 13.1. The molecule has 2 unspecified atom stereocenters. The van der Waals surface area contributed by atoms with Crippen molar-refractivity contribution in [3.8, 4) is 12.5 Å². The molecule has 0 radical (unpaired) electrons. The molecule has 2 atom stereocenters. The molecular weight excluding hydrogens is 478 g/mol. The minimum Gasteiger partial charge on any atom is -0.444 e. The number of hydrogen-bond donors (Lipinski definition) is 2. The van der Waals surface area contributed by atoms with Gasteiger partial charge in [0.2, 0.25) is 0 Å². The molecule has 0 saturated carbocycles. The van der Waals surface area contributed by atoms with Crippen LogP contribution in [0.1, 0.15) is 76.3 Å². The van der Waals surface area contributed by atoms with Gasteiger partial charge in [-0.2, -0.15) is 0 Å². The molecule has 2 rings (SSSR count). The van der Waals surface area contributed by atoms with E-state index in [1.165, 1.54) is 0 Å². The average molecular weight is 520 g/mol. The van der Waals surface area contributed by atoms with Crippen LogP contribution in [0.3, 0.4) is 0 Å². The fraction of sp³-hybridized carbons (Fsp3) is 0.452. The first-order valence-electron chi connectivity index (χ1n) is 13.0. The minimum absolute atomic E-state index is 0.0595. The Hall–Kier alpha value is -3.79. The van der Waals surface area contributed by atoms with E-state index in [9.17, 15) is 14.4 Å². The number of para-hydroxylation sites is 1. The highest BCUT2D eigenvalue weighted by atomic mass is 16.6. The van der Waals surface area contributed by atoms with Gasteiger partial charge in [-0.3, -0.25) is 14.5 Å². The number of alkyl carbamates (subject to hydrolysis) is 1. The molecule has 0 spiro atoms. The summed E-state index contributed by atoms with van der Waals surface area (Å²) < 4.78 is 5.39. The molecular formula is C31H41N3O4. The van der Waals surface area contributed by atoms with Crippen molar-refractivity contribution in [3.05, 3.63) is 64.7 Å². The van der Waals surface area contributed by atoms with Crippen molar-refractivity contribution < 1.29 is 19.1 Å².